The van der Waals surface area contributed by atoms with Crippen LogP contribution < -0.4 is 0 Å². The Balaban J connectivity index is 3.16. The second-order valence-electron chi connectivity index (χ2n) is 2.65. The number of hydrogen-bond donors (Lipinski definition) is 1. The molecule has 0 aliphatic rings. The van der Waals surface area contributed by atoms with Crippen LogP contribution in [-0.2, 0) is 0 Å². The third kappa shape index (κ3) is 6.77. The Morgan fingerprint density at radius 3 is 2.60 bits per heavy atom. The third-order valence-electron chi connectivity index (χ3n) is 1.25. The predicted octanol–water partition coefficient (Wildman–Crippen LogP) is 1.12. The Bertz CT molecular complexity index is 78.0. The first-order chi connectivity index (χ1) is 4.66. The largest absolute Gasteiger partial charge is 0.392 e. The maximum atomic E-state index is 8.98. The average Bonchev–Trinajstić information content (AvgIpc) is 1.82. The van der Waals surface area contributed by atoms with E-state index in [4.69, 9.17) is 5.11 Å². The molecular weight excluding hydrogens is 241 g/mol. The summed E-state index contributed by atoms with van der Waals surface area (Å²) in [6, 6.07) is 0. The molecule has 0 bridgehead atoms. The molecule has 0 radical (unpaired) electrons. The molecule has 10 heavy (non-hydrogen) atoms. The minimum atomic E-state index is -0.195. The molecule has 0 aliphatic heterocycles. The minimum absolute atomic E-state index is 0.195. The summed E-state index contributed by atoms with van der Waals surface area (Å²) in [5.41, 5.74) is 0. The van der Waals surface area contributed by atoms with Gasteiger partial charge in [-0.3, -0.25) is 0 Å². The van der Waals surface area contributed by atoms with Crippen molar-refractivity contribution in [1.82, 2.24) is 4.90 Å². The fourth-order valence-corrected chi connectivity index (χ4v) is 1.21. The lowest BCUT2D eigenvalue weighted by Gasteiger charge is -2.17. The molecule has 0 heterocycles. The van der Waals surface area contributed by atoms with E-state index in [1.807, 2.05) is 14.0 Å². The Labute approximate surface area is 76.7 Å². The van der Waals surface area contributed by atoms with E-state index >= 15 is 0 Å². The summed E-state index contributed by atoms with van der Waals surface area (Å²) in [6.45, 7) is 3.70. The summed E-state index contributed by atoms with van der Waals surface area (Å²) in [6.07, 6.45) is 1.02. The van der Waals surface area contributed by atoms with Gasteiger partial charge in [0.05, 0.1) is 6.10 Å². The zero-order valence-electron chi connectivity index (χ0n) is 6.68. The molecule has 0 saturated heterocycles. The normalized spacial score (nSPS) is 14.1. The van der Waals surface area contributed by atoms with Crippen molar-refractivity contribution in [2.24, 2.45) is 0 Å². The van der Waals surface area contributed by atoms with Crippen LogP contribution in [0.25, 0.3) is 0 Å². The Kier molecular flexibility index (Phi) is 6.78. The zero-order valence-corrected chi connectivity index (χ0v) is 8.84. The van der Waals surface area contributed by atoms with Gasteiger partial charge in [-0.25, -0.2) is 0 Å². The number of likely N-dealkylation sites (N-methyl/N-ethyl adjacent to an activating group) is 1. The van der Waals surface area contributed by atoms with E-state index in [-0.39, 0.29) is 6.10 Å². The van der Waals surface area contributed by atoms with Crippen molar-refractivity contribution in [2.45, 2.75) is 19.4 Å². The van der Waals surface area contributed by atoms with Gasteiger partial charge in [-0.1, -0.05) is 22.6 Å². The lowest BCUT2D eigenvalue weighted by Crippen LogP contribution is -2.28. The molecule has 0 spiro atoms. The van der Waals surface area contributed by atoms with E-state index in [0.717, 1.165) is 13.1 Å². The molecule has 1 atom stereocenters. The van der Waals surface area contributed by atoms with Crippen LogP contribution in [0.5, 0.6) is 0 Å². The molecule has 0 rings (SSSR count). The summed E-state index contributed by atoms with van der Waals surface area (Å²) in [5, 5.41) is 8.98. The average molecular weight is 257 g/mol. The van der Waals surface area contributed by atoms with Crippen molar-refractivity contribution in [2.75, 3.05) is 24.6 Å². The number of halogens is 1. The highest BCUT2D eigenvalue weighted by Crippen LogP contribution is 1.93. The molecule has 0 saturated carbocycles. The molecule has 3 heteroatoms. The highest BCUT2D eigenvalue weighted by molar-refractivity contribution is 14.1. The molecule has 2 nitrogen and oxygen atoms in total. The molecule has 0 fully saturated rings. The van der Waals surface area contributed by atoms with Crippen LogP contribution in [0.15, 0.2) is 0 Å². The molecule has 62 valence electrons. The van der Waals surface area contributed by atoms with Gasteiger partial charge in [0, 0.05) is 11.0 Å². The summed E-state index contributed by atoms with van der Waals surface area (Å²) in [5.74, 6) is 0. The highest BCUT2D eigenvalue weighted by atomic mass is 127. The van der Waals surface area contributed by atoms with Crippen molar-refractivity contribution in [3.05, 3.63) is 0 Å². The van der Waals surface area contributed by atoms with Crippen molar-refractivity contribution in [1.29, 1.82) is 0 Å². The lowest BCUT2D eigenvalue weighted by atomic mass is 10.3. The van der Waals surface area contributed by atoms with Crippen LogP contribution in [0.3, 0.4) is 0 Å². The van der Waals surface area contributed by atoms with Crippen LogP contribution in [0.1, 0.15) is 13.3 Å². The zero-order chi connectivity index (χ0) is 7.98. The van der Waals surface area contributed by atoms with E-state index in [9.17, 15) is 0 Å². The van der Waals surface area contributed by atoms with Crippen molar-refractivity contribution in [3.8, 4) is 0 Å². The first-order valence-corrected chi connectivity index (χ1v) is 5.12. The molecule has 0 aromatic heterocycles. The quantitative estimate of drug-likeness (QED) is 0.589. The number of nitrogens with zero attached hydrogens (tertiary/aromatic N) is 1. The number of alkyl halides is 1. The van der Waals surface area contributed by atoms with Gasteiger partial charge < -0.3 is 10.0 Å². The Morgan fingerprint density at radius 1 is 1.60 bits per heavy atom. The van der Waals surface area contributed by atoms with Crippen LogP contribution in [0.2, 0.25) is 0 Å². The van der Waals surface area contributed by atoms with Gasteiger partial charge in [0.15, 0.2) is 0 Å². The standard InChI is InChI=1S/C7H16INO/c1-7(10)6-9(2)5-3-4-8/h7,10H,3-6H2,1-2H3. The van der Waals surface area contributed by atoms with E-state index in [1.54, 1.807) is 0 Å². The predicted molar refractivity (Wildman–Crippen MR) is 52.7 cm³/mol. The summed E-state index contributed by atoms with van der Waals surface area (Å²) in [7, 11) is 2.04. The number of hydrogen-bond acceptors (Lipinski definition) is 2. The van der Waals surface area contributed by atoms with E-state index in [2.05, 4.69) is 27.5 Å². The smallest absolute Gasteiger partial charge is 0.0638 e. The van der Waals surface area contributed by atoms with E-state index < -0.39 is 0 Å². The molecule has 0 aromatic rings. The summed E-state index contributed by atoms with van der Waals surface area (Å²) < 4.78 is 1.20. The van der Waals surface area contributed by atoms with E-state index in [1.165, 1.54) is 10.8 Å². The molecule has 1 unspecified atom stereocenters. The van der Waals surface area contributed by atoms with Crippen LogP contribution >= 0.6 is 22.6 Å². The Morgan fingerprint density at radius 2 is 2.20 bits per heavy atom. The van der Waals surface area contributed by atoms with Crippen LogP contribution in [-0.4, -0.2) is 40.7 Å². The monoisotopic (exact) mass is 257 g/mol. The lowest BCUT2D eigenvalue weighted by molar-refractivity contribution is 0.142. The minimum Gasteiger partial charge on any atom is -0.392 e. The van der Waals surface area contributed by atoms with Crippen molar-refractivity contribution >= 4 is 22.6 Å². The van der Waals surface area contributed by atoms with Gasteiger partial charge in [-0.2, -0.15) is 0 Å². The van der Waals surface area contributed by atoms with Gasteiger partial charge in [0.1, 0.15) is 0 Å². The SMILES string of the molecule is CC(O)CN(C)CCCI. The second-order valence-corrected chi connectivity index (χ2v) is 3.73. The molecule has 0 amide bonds. The van der Waals surface area contributed by atoms with Gasteiger partial charge in [-0.05, 0) is 26.9 Å². The van der Waals surface area contributed by atoms with Crippen LogP contribution in [0, 0.1) is 0 Å². The summed E-state index contributed by atoms with van der Waals surface area (Å²) >= 11 is 2.37. The number of aliphatic hydroxyl groups is 1. The first kappa shape index (κ1) is 10.7. The van der Waals surface area contributed by atoms with E-state index in [0.29, 0.717) is 0 Å². The number of rotatable bonds is 5. The van der Waals surface area contributed by atoms with Gasteiger partial charge >= 0.3 is 0 Å². The topological polar surface area (TPSA) is 23.5 Å². The van der Waals surface area contributed by atoms with Crippen molar-refractivity contribution < 1.29 is 5.11 Å². The number of aliphatic hydroxyl groups excluding tert-OH is 1. The first-order valence-electron chi connectivity index (χ1n) is 3.59. The molecule has 0 aliphatic carbocycles. The van der Waals surface area contributed by atoms with Crippen LogP contribution in [0.4, 0.5) is 0 Å². The maximum Gasteiger partial charge on any atom is 0.0638 e. The molecule has 0 aromatic carbocycles. The molecule has 1 N–H and O–H groups in total. The fraction of sp³-hybridized carbons (Fsp3) is 1.00. The summed E-state index contributed by atoms with van der Waals surface area (Å²) in [4.78, 5) is 2.16. The fourth-order valence-electron chi connectivity index (χ4n) is 0.872. The maximum absolute atomic E-state index is 8.98. The third-order valence-corrected chi connectivity index (χ3v) is 2.01. The molecular formula is C7H16INO. The van der Waals surface area contributed by atoms with Crippen molar-refractivity contribution in [3.63, 3.8) is 0 Å². The Hall–Kier alpha value is 0.650. The van der Waals surface area contributed by atoms with Gasteiger partial charge in [0.25, 0.3) is 0 Å². The highest BCUT2D eigenvalue weighted by Gasteiger charge is 2.00. The van der Waals surface area contributed by atoms with Gasteiger partial charge in [0.2, 0.25) is 0 Å². The van der Waals surface area contributed by atoms with Gasteiger partial charge in [-0.15, -0.1) is 0 Å². The second kappa shape index (κ2) is 6.37.